The zero-order valence-corrected chi connectivity index (χ0v) is 9.20. The van der Waals surface area contributed by atoms with Gasteiger partial charge in [0.15, 0.2) is 0 Å². The Bertz CT molecular complexity index is 483. The normalized spacial score (nSPS) is 11.5. The molecule has 0 saturated heterocycles. The molecule has 1 heterocycles. The van der Waals surface area contributed by atoms with Gasteiger partial charge in [-0.2, -0.15) is 0 Å². The molecule has 0 aliphatic carbocycles. The maximum Gasteiger partial charge on any atom is 0.0506 e. The smallest absolute Gasteiger partial charge is 0.0506 e. The molecule has 15 heavy (non-hydrogen) atoms. The van der Waals surface area contributed by atoms with E-state index in [2.05, 4.69) is 30.7 Å². The highest BCUT2D eigenvalue weighted by Gasteiger charge is 2.11. The standard InChI is InChI=1S/C12H17N3/c1-8(2)15-7-9(6-13)12-10(14)4-3-5-11(12)15/h3-5,7-8H,6,13-14H2,1-2H3. The highest BCUT2D eigenvalue weighted by Crippen LogP contribution is 2.28. The maximum absolute atomic E-state index is 5.98. The first-order chi connectivity index (χ1) is 7.15. The van der Waals surface area contributed by atoms with Gasteiger partial charge in [0.05, 0.1) is 5.52 Å². The Labute approximate surface area is 89.7 Å². The number of nitrogens with zero attached hydrogens (tertiary/aromatic N) is 1. The minimum Gasteiger partial charge on any atom is -0.398 e. The van der Waals surface area contributed by atoms with Gasteiger partial charge < -0.3 is 16.0 Å². The highest BCUT2D eigenvalue weighted by atomic mass is 15.0. The Morgan fingerprint density at radius 1 is 1.33 bits per heavy atom. The Morgan fingerprint density at radius 3 is 2.67 bits per heavy atom. The van der Waals surface area contributed by atoms with E-state index < -0.39 is 0 Å². The first kappa shape index (κ1) is 10.1. The molecule has 2 aromatic rings. The Hall–Kier alpha value is -1.48. The second-order valence-electron chi connectivity index (χ2n) is 4.10. The number of nitrogen functional groups attached to an aromatic ring is 1. The van der Waals surface area contributed by atoms with Crippen LogP contribution in [0.5, 0.6) is 0 Å². The van der Waals surface area contributed by atoms with Gasteiger partial charge in [-0.1, -0.05) is 6.07 Å². The Morgan fingerprint density at radius 2 is 2.07 bits per heavy atom. The molecule has 0 unspecified atom stereocenters. The van der Waals surface area contributed by atoms with Crippen LogP contribution in [0.15, 0.2) is 24.4 Å². The third-order valence-electron chi connectivity index (χ3n) is 2.75. The summed E-state index contributed by atoms with van der Waals surface area (Å²) in [6.45, 7) is 4.84. The van der Waals surface area contributed by atoms with Gasteiger partial charge in [0, 0.05) is 29.9 Å². The maximum atomic E-state index is 5.98. The van der Waals surface area contributed by atoms with Crippen LogP contribution in [0.1, 0.15) is 25.5 Å². The summed E-state index contributed by atoms with van der Waals surface area (Å²) in [7, 11) is 0. The van der Waals surface area contributed by atoms with Crippen LogP contribution in [0.2, 0.25) is 0 Å². The van der Waals surface area contributed by atoms with Crippen LogP contribution in [0.3, 0.4) is 0 Å². The SMILES string of the molecule is CC(C)n1cc(CN)c2c(N)cccc21. The zero-order valence-electron chi connectivity index (χ0n) is 9.20. The molecular formula is C12H17N3. The van der Waals surface area contributed by atoms with E-state index in [1.165, 1.54) is 5.52 Å². The minimum atomic E-state index is 0.426. The summed E-state index contributed by atoms with van der Waals surface area (Å²) in [5.41, 5.74) is 14.8. The van der Waals surface area contributed by atoms with E-state index in [0.717, 1.165) is 16.6 Å². The number of hydrogen-bond acceptors (Lipinski definition) is 2. The van der Waals surface area contributed by atoms with E-state index in [1.807, 2.05) is 12.1 Å². The van der Waals surface area contributed by atoms with Crippen molar-refractivity contribution in [2.45, 2.75) is 26.4 Å². The lowest BCUT2D eigenvalue weighted by Crippen LogP contribution is -1.98. The van der Waals surface area contributed by atoms with Crippen molar-refractivity contribution in [1.82, 2.24) is 4.57 Å². The van der Waals surface area contributed by atoms with E-state index >= 15 is 0 Å². The average Bonchev–Trinajstić information content (AvgIpc) is 2.58. The Balaban J connectivity index is 2.81. The van der Waals surface area contributed by atoms with Crippen LogP contribution in [0.4, 0.5) is 5.69 Å². The fourth-order valence-corrected chi connectivity index (χ4v) is 2.01. The molecule has 0 amide bonds. The summed E-state index contributed by atoms with van der Waals surface area (Å²) in [4.78, 5) is 0. The fourth-order valence-electron chi connectivity index (χ4n) is 2.01. The second-order valence-corrected chi connectivity index (χ2v) is 4.10. The predicted molar refractivity (Wildman–Crippen MR) is 64.6 cm³/mol. The number of aromatic nitrogens is 1. The van der Waals surface area contributed by atoms with Gasteiger partial charge in [-0.3, -0.25) is 0 Å². The van der Waals surface area contributed by atoms with E-state index in [4.69, 9.17) is 11.5 Å². The largest absolute Gasteiger partial charge is 0.398 e. The molecule has 0 aliphatic heterocycles. The summed E-state index contributed by atoms with van der Waals surface area (Å²) in [6.07, 6.45) is 2.10. The van der Waals surface area contributed by atoms with Crippen LogP contribution < -0.4 is 11.5 Å². The van der Waals surface area contributed by atoms with Gasteiger partial charge in [0.1, 0.15) is 0 Å². The van der Waals surface area contributed by atoms with Gasteiger partial charge in [0.2, 0.25) is 0 Å². The first-order valence-electron chi connectivity index (χ1n) is 5.23. The highest BCUT2D eigenvalue weighted by molar-refractivity contribution is 5.94. The summed E-state index contributed by atoms with van der Waals surface area (Å²) in [5.74, 6) is 0. The zero-order chi connectivity index (χ0) is 11.0. The molecular weight excluding hydrogens is 186 g/mol. The topological polar surface area (TPSA) is 57.0 Å². The van der Waals surface area contributed by atoms with Crippen LogP contribution in [-0.2, 0) is 6.54 Å². The number of rotatable bonds is 2. The van der Waals surface area contributed by atoms with Crippen molar-refractivity contribution in [1.29, 1.82) is 0 Å². The number of anilines is 1. The molecule has 0 bridgehead atoms. The van der Waals surface area contributed by atoms with Gasteiger partial charge in [-0.25, -0.2) is 0 Å². The number of hydrogen-bond donors (Lipinski definition) is 2. The number of benzene rings is 1. The third-order valence-corrected chi connectivity index (χ3v) is 2.75. The number of fused-ring (bicyclic) bond motifs is 1. The minimum absolute atomic E-state index is 0.426. The molecule has 0 aliphatic rings. The third kappa shape index (κ3) is 1.49. The molecule has 0 fully saturated rings. The molecule has 3 nitrogen and oxygen atoms in total. The quantitative estimate of drug-likeness (QED) is 0.735. The van der Waals surface area contributed by atoms with Crippen molar-refractivity contribution in [3.63, 3.8) is 0 Å². The molecule has 0 radical (unpaired) electrons. The van der Waals surface area contributed by atoms with Gasteiger partial charge in [-0.05, 0) is 31.5 Å². The molecule has 0 spiro atoms. The summed E-state index contributed by atoms with van der Waals surface area (Å²) in [5, 5.41) is 1.11. The summed E-state index contributed by atoms with van der Waals surface area (Å²) >= 11 is 0. The molecule has 4 N–H and O–H groups in total. The van der Waals surface area contributed by atoms with E-state index in [1.54, 1.807) is 0 Å². The van der Waals surface area contributed by atoms with Crippen LogP contribution >= 0.6 is 0 Å². The lowest BCUT2D eigenvalue weighted by Gasteiger charge is -2.08. The van der Waals surface area contributed by atoms with Crippen molar-refractivity contribution >= 4 is 16.6 Å². The first-order valence-corrected chi connectivity index (χ1v) is 5.23. The van der Waals surface area contributed by atoms with Crippen molar-refractivity contribution in [2.75, 3.05) is 5.73 Å². The molecule has 3 heteroatoms. The number of nitrogens with two attached hydrogens (primary N) is 2. The second kappa shape index (κ2) is 3.59. The lowest BCUT2D eigenvalue weighted by molar-refractivity contribution is 0.621. The Kier molecular flexibility index (Phi) is 2.40. The van der Waals surface area contributed by atoms with Crippen molar-refractivity contribution in [3.05, 3.63) is 30.0 Å². The fraction of sp³-hybridized carbons (Fsp3) is 0.333. The monoisotopic (exact) mass is 203 g/mol. The van der Waals surface area contributed by atoms with Crippen LogP contribution in [0.25, 0.3) is 10.9 Å². The molecule has 1 aromatic carbocycles. The van der Waals surface area contributed by atoms with Gasteiger partial charge >= 0.3 is 0 Å². The van der Waals surface area contributed by atoms with E-state index in [9.17, 15) is 0 Å². The molecule has 0 saturated carbocycles. The molecule has 2 rings (SSSR count). The van der Waals surface area contributed by atoms with E-state index in [-0.39, 0.29) is 0 Å². The van der Waals surface area contributed by atoms with Gasteiger partial charge in [0.25, 0.3) is 0 Å². The molecule has 1 aromatic heterocycles. The van der Waals surface area contributed by atoms with Crippen LogP contribution in [0, 0.1) is 0 Å². The van der Waals surface area contributed by atoms with Crippen LogP contribution in [-0.4, -0.2) is 4.57 Å². The van der Waals surface area contributed by atoms with Gasteiger partial charge in [-0.15, -0.1) is 0 Å². The van der Waals surface area contributed by atoms with Crippen molar-refractivity contribution < 1.29 is 0 Å². The molecule has 0 atom stereocenters. The van der Waals surface area contributed by atoms with E-state index in [0.29, 0.717) is 12.6 Å². The molecule has 80 valence electrons. The average molecular weight is 203 g/mol. The van der Waals surface area contributed by atoms with Crippen molar-refractivity contribution in [3.8, 4) is 0 Å². The predicted octanol–water partition coefficient (Wildman–Crippen LogP) is 2.26. The summed E-state index contributed by atoms with van der Waals surface area (Å²) < 4.78 is 2.22. The van der Waals surface area contributed by atoms with Crippen molar-refractivity contribution in [2.24, 2.45) is 5.73 Å². The lowest BCUT2D eigenvalue weighted by atomic mass is 10.1. The summed E-state index contributed by atoms with van der Waals surface area (Å²) in [6, 6.07) is 6.42.